The third kappa shape index (κ3) is 3.42. The second kappa shape index (κ2) is 6.26. The van der Waals surface area contributed by atoms with Gasteiger partial charge in [0.15, 0.2) is 5.82 Å². The van der Waals surface area contributed by atoms with Crippen molar-refractivity contribution in [3.8, 4) is 11.4 Å². The van der Waals surface area contributed by atoms with Crippen LogP contribution in [0.2, 0.25) is 0 Å². The Bertz CT molecular complexity index is 720. The highest BCUT2D eigenvalue weighted by Gasteiger charge is 2.35. The van der Waals surface area contributed by atoms with Crippen LogP contribution in [0, 0.1) is 5.92 Å². The number of hydrogen-bond donors (Lipinski definition) is 1. The van der Waals surface area contributed by atoms with E-state index in [0.717, 1.165) is 24.8 Å². The number of nitrogens with one attached hydrogen (secondary N) is 1. The Labute approximate surface area is 136 Å². The van der Waals surface area contributed by atoms with E-state index in [4.69, 9.17) is 0 Å². The van der Waals surface area contributed by atoms with Crippen LogP contribution in [-0.2, 0) is 17.5 Å². The summed E-state index contributed by atoms with van der Waals surface area (Å²) in [5, 5.41) is 5.49. The maximum absolute atomic E-state index is 12.5. The summed E-state index contributed by atoms with van der Waals surface area (Å²) in [4.78, 5) is 17.3. The molecule has 0 saturated heterocycles. The van der Waals surface area contributed by atoms with E-state index in [1.807, 2.05) is 5.10 Å². The van der Waals surface area contributed by atoms with Crippen molar-refractivity contribution in [1.82, 2.24) is 20.1 Å². The first-order valence-electron chi connectivity index (χ1n) is 7.68. The van der Waals surface area contributed by atoms with Gasteiger partial charge in [0.1, 0.15) is 0 Å². The second-order valence-electron chi connectivity index (χ2n) is 6.02. The predicted molar refractivity (Wildman–Crippen MR) is 80.6 cm³/mol. The van der Waals surface area contributed by atoms with E-state index in [1.54, 1.807) is 36.2 Å². The van der Waals surface area contributed by atoms with Gasteiger partial charge in [0.25, 0.3) is 0 Å². The van der Waals surface area contributed by atoms with Crippen LogP contribution in [0.25, 0.3) is 11.4 Å². The molecule has 1 amide bonds. The average Bonchev–Trinajstić information content (AvgIpc) is 2.96. The molecule has 1 aliphatic rings. The summed E-state index contributed by atoms with van der Waals surface area (Å²) in [7, 11) is 1.76. The first-order valence-corrected chi connectivity index (χ1v) is 7.68. The van der Waals surface area contributed by atoms with Crippen molar-refractivity contribution in [2.75, 3.05) is 7.05 Å². The predicted octanol–water partition coefficient (Wildman–Crippen LogP) is 3.25. The van der Waals surface area contributed by atoms with Gasteiger partial charge in [0, 0.05) is 25.1 Å². The van der Waals surface area contributed by atoms with Crippen molar-refractivity contribution in [3.63, 3.8) is 0 Å². The number of H-pyrrole nitrogens is 1. The molecule has 1 saturated carbocycles. The number of rotatable bonds is 4. The maximum Gasteiger partial charge on any atom is 0.451 e. The summed E-state index contributed by atoms with van der Waals surface area (Å²) in [5.74, 6) is -0.836. The van der Waals surface area contributed by atoms with Crippen molar-refractivity contribution in [3.05, 3.63) is 35.7 Å². The third-order valence-electron chi connectivity index (χ3n) is 4.22. The summed E-state index contributed by atoms with van der Waals surface area (Å²) in [6.45, 7) is 0.470. The van der Waals surface area contributed by atoms with E-state index in [1.165, 1.54) is 0 Å². The normalized spacial score (nSPS) is 15.2. The molecule has 128 valence electrons. The lowest BCUT2D eigenvalue weighted by Crippen LogP contribution is -2.35. The minimum absolute atomic E-state index is 0.00669. The van der Waals surface area contributed by atoms with Gasteiger partial charge in [-0.05, 0) is 18.4 Å². The SMILES string of the molecule is CN(Cc1ccc(-c2n[nH]c(C(F)(F)F)n2)cc1)C(=O)C1CCC1. The molecule has 1 aliphatic carbocycles. The van der Waals surface area contributed by atoms with E-state index >= 15 is 0 Å². The monoisotopic (exact) mass is 338 g/mol. The molecule has 0 atom stereocenters. The van der Waals surface area contributed by atoms with Crippen molar-refractivity contribution in [2.45, 2.75) is 32.0 Å². The molecule has 0 radical (unpaired) electrons. The van der Waals surface area contributed by atoms with Gasteiger partial charge in [-0.3, -0.25) is 9.89 Å². The van der Waals surface area contributed by atoms with Crippen LogP contribution in [0.5, 0.6) is 0 Å². The molecule has 5 nitrogen and oxygen atoms in total. The number of hydrogen-bond acceptors (Lipinski definition) is 3. The molecule has 1 N–H and O–H groups in total. The van der Waals surface area contributed by atoms with Crippen molar-refractivity contribution in [1.29, 1.82) is 0 Å². The van der Waals surface area contributed by atoms with Gasteiger partial charge in [-0.2, -0.15) is 18.3 Å². The molecule has 0 aliphatic heterocycles. The fraction of sp³-hybridized carbons (Fsp3) is 0.438. The Kier molecular flexibility index (Phi) is 4.29. The zero-order valence-corrected chi connectivity index (χ0v) is 13.1. The Balaban J connectivity index is 1.67. The smallest absolute Gasteiger partial charge is 0.341 e. The number of nitrogens with zero attached hydrogens (tertiary/aromatic N) is 3. The van der Waals surface area contributed by atoms with E-state index in [-0.39, 0.29) is 17.6 Å². The molecule has 2 aromatic rings. The number of carbonyl (C=O) groups is 1. The van der Waals surface area contributed by atoms with Crippen LogP contribution in [0.15, 0.2) is 24.3 Å². The standard InChI is InChI=1S/C16H17F3N4O/c1-23(14(24)12-3-2-4-12)9-10-5-7-11(8-6-10)13-20-15(22-21-13)16(17,18)19/h5-8,12H,2-4,9H2,1H3,(H,20,21,22). The number of alkyl halides is 3. The summed E-state index contributed by atoms with van der Waals surface area (Å²) in [6, 6.07) is 6.84. The van der Waals surface area contributed by atoms with E-state index in [2.05, 4.69) is 10.1 Å². The Morgan fingerprint density at radius 3 is 2.46 bits per heavy atom. The molecule has 8 heteroatoms. The van der Waals surface area contributed by atoms with Crippen LogP contribution < -0.4 is 0 Å². The van der Waals surface area contributed by atoms with Crippen molar-refractivity contribution < 1.29 is 18.0 Å². The minimum Gasteiger partial charge on any atom is -0.341 e. The lowest BCUT2D eigenvalue weighted by Gasteiger charge is -2.29. The van der Waals surface area contributed by atoms with Gasteiger partial charge in [-0.1, -0.05) is 30.7 Å². The lowest BCUT2D eigenvalue weighted by atomic mass is 9.84. The highest BCUT2D eigenvalue weighted by Crippen LogP contribution is 2.29. The molecule has 0 spiro atoms. The average molecular weight is 338 g/mol. The molecule has 1 fully saturated rings. The fourth-order valence-electron chi connectivity index (χ4n) is 2.60. The van der Waals surface area contributed by atoms with E-state index in [9.17, 15) is 18.0 Å². The molecule has 0 unspecified atom stereocenters. The molecule has 0 bridgehead atoms. The zero-order chi connectivity index (χ0) is 17.3. The van der Waals surface area contributed by atoms with Crippen LogP contribution in [0.3, 0.4) is 0 Å². The number of carbonyl (C=O) groups excluding carboxylic acids is 1. The topological polar surface area (TPSA) is 61.9 Å². The van der Waals surface area contributed by atoms with Gasteiger partial charge in [0.2, 0.25) is 11.7 Å². The summed E-state index contributed by atoms with van der Waals surface area (Å²) in [6.07, 6.45) is -1.53. The molecule has 3 rings (SSSR count). The first kappa shape index (κ1) is 16.5. The van der Waals surface area contributed by atoms with Gasteiger partial charge >= 0.3 is 6.18 Å². The fourth-order valence-corrected chi connectivity index (χ4v) is 2.60. The van der Waals surface area contributed by atoms with Crippen LogP contribution in [0.4, 0.5) is 13.2 Å². The number of halogens is 3. The van der Waals surface area contributed by atoms with Crippen molar-refractivity contribution in [2.24, 2.45) is 5.92 Å². The van der Waals surface area contributed by atoms with E-state index < -0.39 is 12.0 Å². The van der Waals surface area contributed by atoms with Gasteiger partial charge in [0.05, 0.1) is 0 Å². The third-order valence-corrected chi connectivity index (χ3v) is 4.22. The summed E-state index contributed by atoms with van der Waals surface area (Å²) < 4.78 is 37.6. The number of aromatic nitrogens is 3. The van der Waals surface area contributed by atoms with Crippen LogP contribution >= 0.6 is 0 Å². The molecule has 1 aromatic heterocycles. The largest absolute Gasteiger partial charge is 0.451 e. The maximum atomic E-state index is 12.5. The van der Waals surface area contributed by atoms with Gasteiger partial charge in [-0.25, -0.2) is 4.98 Å². The molecule has 1 aromatic carbocycles. The Morgan fingerprint density at radius 1 is 1.29 bits per heavy atom. The van der Waals surface area contributed by atoms with Gasteiger partial charge < -0.3 is 4.90 Å². The second-order valence-corrected chi connectivity index (χ2v) is 6.02. The highest BCUT2D eigenvalue weighted by molar-refractivity contribution is 5.79. The molecular weight excluding hydrogens is 321 g/mol. The van der Waals surface area contributed by atoms with Crippen LogP contribution in [0.1, 0.15) is 30.7 Å². The Hall–Kier alpha value is -2.38. The summed E-state index contributed by atoms with van der Waals surface area (Å²) in [5.41, 5.74) is 1.39. The number of amides is 1. The molecule has 1 heterocycles. The number of aromatic amines is 1. The first-order chi connectivity index (χ1) is 11.3. The van der Waals surface area contributed by atoms with Crippen LogP contribution in [-0.4, -0.2) is 33.0 Å². The highest BCUT2D eigenvalue weighted by atomic mass is 19.4. The summed E-state index contributed by atoms with van der Waals surface area (Å²) >= 11 is 0. The zero-order valence-electron chi connectivity index (χ0n) is 13.1. The van der Waals surface area contributed by atoms with E-state index in [0.29, 0.717) is 12.1 Å². The lowest BCUT2D eigenvalue weighted by molar-refractivity contribution is -0.144. The minimum atomic E-state index is -4.55. The quantitative estimate of drug-likeness (QED) is 0.931. The Morgan fingerprint density at radius 2 is 1.96 bits per heavy atom. The van der Waals surface area contributed by atoms with Gasteiger partial charge in [-0.15, -0.1) is 0 Å². The molecule has 24 heavy (non-hydrogen) atoms. The number of benzene rings is 1. The van der Waals surface area contributed by atoms with Crippen molar-refractivity contribution >= 4 is 5.91 Å². The molecular formula is C16H17F3N4O.